The molecule has 0 amide bonds. The number of aryl methyl sites for hydroxylation is 1. The van der Waals surface area contributed by atoms with Gasteiger partial charge in [0, 0.05) is 12.6 Å². The van der Waals surface area contributed by atoms with Crippen molar-refractivity contribution in [2.45, 2.75) is 25.6 Å². The number of nitrogens with zero attached hydrogens (tertiary/aromatic N) is 1. The fraction of sp³-hybridized carbons (Fsp3) is 0.417. The summed E-state index contributed by atoms with van der Waals surface area (Å²) in [5.41, 5.74) is 0.709. The number of aliphatic carboxylic acids is 1. The molecule has 0 fully saturated rings. The fourth-order valence-electron chi connectivity index (χ4n) is 1.46. The van der Waals surface area contributed by atoms with Crippen molar-refractivity contribution in [1.29, 1.82) is 0 Å². The van der Waals surface area contributed by atoms with Crippen molar-refractivity contribution >= 4 is 16.0 Å². The van der Waals surface area contributed by atoms with E-state index in [-0.39, 0.29) is 5.56 Å². The van der Waals surface area contributed by atoms with Crippen molar-refractivity contribution < 1.29 is 22.7 Å². The minimum Gasteiger partial charge on any atom is -0.480 e. The van der Waals surface area contributed by atoms with Crippen molar-refractivity contribution in [2.24, 2.45) is 0 Å². The van der Waals surface area contributed by atoms with Gasteiger partial charge in [-0.2, -0.15) is 4.31 Å². The molecule has 0 aliphatic heterocycles. The minimum absolute atomic E-state index is 0.0232. The van der Waals surface area contributed by atoms with E-state index in [1.54, 1.807) is 13.0 Å². The zero-order chi connectivity index (χ0) is 14.8. The van der Waals surface area contributed by atoms with Crippen LogP contribution in [0, 0.1) is 12.7 Å². The van der Waals surface area contributed by atoms with Gasteiger partial charge in [-0.1, -0.05) is 12.1 Å². The van der Waals surface area contributed by atoms with E-state index in [0.29, 0.717) is 5.56 Å². The molecule has 0 aliphatic rings. The number of likely N-dealkylation sites (N-methyl/N-ethyl adjacent to an activating group) is 1. The van der Waals surface area contributed by atoms with Crippen LogP contribution in [0.25, 0.3) is 0 Å². The second-order valence-electron chi connectivity index (χ2n) is 4.38. The van der Waals surface area contributed by atoms with Crippen LogP contribution in [0.5, 0.6) is 0 Å². The topological polar surface area (TPSA) is 74.7 Å². The number of carboxylic acids is 1. The van der Waals surface area contributed by atoms with E-state index in [2.05, 4.69) is 0 Å². The first-order valence-corrected chi connectivity index (χ1v) is 7.19. The average molecular weight is 289 g/mol. The van der Waals surface area contributed by atoms with Gasteiger partial charge < -0.3 is 5.11 Å². The van der Waals surface area contributed by atoms with Gasteiger partial charge in [-0.15, -0.1) is 0 Å². The smallest absolute Gasteiger partial charge is 0.321 e. The molecular weight excluding hydrogens is 273 g/mol. The standard InChI is InChI=1S/C12H16FNO4S/c1-8-4-5-10(11(13)6-8)7-19(17,18)14(3)9(2)12(15)16/h4-6,9H,7H2,1-3H3,(H,15,16). The third-order valence-electron chi connectivity index (χ3n) is 2.89. The Labute approximate surface area is 111 Å². The summed E-state index contributed by atoms with van der Waals surface area (Å²) < 4.78 is 38.3. The zero-order valence-electron chi connectivity index (χ0n) is 10.9. The third kappa shape index (κ3) is 3.74. The van der Waals surface area contributed by atoms with Gasteiger partial charge in [0.25, 0.3) is 0 Å². The summed E-state index contributed by atoms with van der Waals surface area (Å²) >= 11 is 0. The summed E-state index contributed by atoms with van der Waals surface area (Å²) in [6, 6.07) is 3.04. The molecule has 106 valence electrons. The number of hydrogen-bond donors (Lipinski definition) is 1. The van der Waals surface area contributed by atoms with E-state index in [1.165, 1.54) is 26.1 Å². The molecule has 1 unspecified atom stereocenters. The van der Waals surface area contributed by atoms with Crippen molar-refractivity contribution in [3.05, 3.63) is 35.1 Å². The highest BCUT2D eigenvalue weighted by Crippen LogP contribution is 2.16. The van der Waals surface area contributed by atoms with Gasteiger partial charge in [-0.25, -0.2) is 12.8 Å². The molecule has 1 atom stereocenters. The van der Waals surface area contributed by atoms with Crippen LogP contribution in [0.1, 0.15) is 18.1 Å². The van der Waals surface area contributed by atoms with E-state index in [9.17, 15) is 17.6 Å². The Hall–Kier alpha value is -1.47. The largest absolute Gasteiger partial charge is 0.480 e. The highest BCUT2D eigenvalue weighted by atomic mass is 32.2. The van der Waals surface area contributed by atoms with Gasteiger partial charge in [0.15, 0.2) is 0 Å². The second kappa shape index (κ2) is 5.66. The molecule has 0 aromatic heterocycles. The number of benzene rings is 1. The molecule has 1 aromatic carbocycles. The molecule has 19 heavy (non-hydrogen) atoms. The van der Waals surface area contributed by atoms with Crippen LogP contribution in [-0.2, 0) is 20.6 Å². The number of carboxylic acid groups (broad SMARTS) is 1. The molecule has 7 heteroatoms. The fourth-order valence-corrected chi connectivity index (χ4v) is 2.87. The lowest BCUT2D eigenvalue weighted by Crippen LogP contribution is -2.40. The molecule has 5 nitrogen and oxygen atoms in total. The number of rotatable bonds is 5. The minimum atomic E-state index is -3.88. The number of carbonyl (C=O) groups is 1. The SMILES string of the molecule is Cc1ccc(CS(=O)(=O)N(C)C(C)C(=O)O)c(F)c1. The van der Waals surface area contributed by atoms with Gasteiger partial charge in [-0.3, -0.25) is 4.79 Å². The van der Waals surface area contributed by atoms with Crippen molar-refractivity contribution in [3.63, 3.8) is 0 Å². The second-order valence-corrected chi connectivity index (χ2v) is 6.41. The zero-order valence-corrected chi connectivity index (χ0v) is 11.7. The summed E-state index contributed by atoms with van der Waals surface area (Å²) in [5.74, 6) is -2.43. The monoisotopic (exact) mass is 289 g/mol. The van der Waals surface area contributed by atoms with E-state index >= 15 is 0 Å². The van der Waals surface area contributed by atoms with E-state index < -0.39 is 33.6 Å². The first-order valence-electron chi connectivity index (χ1n) is 5.58. The molecular formula is C12H16FNO4S. The molecule has 0 spiro atoms. The van der Waals surface area contributed by atoms with Crippen LogP contribution in [0.3, 0.4) is 0 Å². The molecule has 0 radical (unpaired) electrons. The number of hydrogen-bond acceptors (Lipinski definition) is 3. The predicted molar refractivity (Wildman–Crippen MR) is 68.6 cm³/mol. The molecule has 0 saturated carbocycles. The van der Waals surface area contributed by atoms with Crippen molar-refractivity contribution in [3.8, 4) is 0 Å². The molecule has 0 heterocycles. The molecule has 0 bridgehead atoms. The van der Waals surface area contributed by atoms with E-state index in [0.717, 1.165) is 4.31 Å². The summed E-state index contributed by atoms with van der Waals surface area (Å²) in [7, 11) is -2.71. The van der Waals surface area contributed by atoms with Gasteiger partial charge in [-0.05, 0) is 25.5 Å². The highest BCUT2D eigenvalue weighted by molar-refractivity contribution is 7.88. The molecule has 1 rings (SSSR count). The Morgan fingerprint density at radius 2 is 2.05 bits per heavy atom. The normalized spacial score (nSPS) is 13.5. The maximum atomic E-state index is 13.6. The summed E-state index contributed by atoms with van der Waals surface area (Å²) in [6.45, 7) is 2.95. The van der Waals surface area contributed by atoms with Crippen LogP contribution >= 0.6 is 0 Å². The summed E-state index contributed by atoms with van der Waals surface area (Å²) in [5, 5.41) is 8.79. The van der Waals surface area contributed by atoms with E-state index in [4.69, 9.17) is 5.11 Å². The lowest BCUT2D eigenvalue weighted by atomic mass is 10.2. The van der Waals surface area contributed by atoms with E-state index in [1.807, 2.05) is 0 Å². The Bertz CT molecular complexity index is 585. The van der Waals surface area contributed by atoms with Gasteiger partial charge >= 0.3 is 5.97 Å². The Kier molecular flexibility index (Phi) is 4.65. The molecule has 1 N–H and O–H groups in total. The first kappa shape index (κ1) is 15.6. The van der Waals surface area contributed by atoms with Gasteiger partial charge in [0.1, 0.15) is 11.9 Å². The molecule has 0 aliphatic carbocycles. The van der Waals surface area contributed by atoms with Gasteiger partial charge in [0.05, 0.1) is 5.75 Å². The Balaban J connectivity index is 3.00. The highest BCUT2D eigenvalue weighted by Gasteiger charge is 2.28. The van der Waals surface area contributed by atoms with Crippen LogP contribution < -0.4 is 0 Å². The Morgan fingerprint density at radius 1 is 1.47 bits per heavy atom. The lowest BCUT2D eigenvalue weighted by Gasteiger charge is -2.21. The maximum absolute atomic E-state index is 13.6. The molecule has 0 saturated heterocycles. The van der Waals surface area contributed by atoms with Crippen LogP contribution in [-0.4, -0.2) is 36.9 Å². The predicted octanol–water partition coefficient (Wildman–Crippen LogP) is 1.37. The molecule has 1 aromatic rings. The van der Waals surface area contributed by atoms with Crippen LogP contribution in [0.4, 0.5) is 4.39 Å². The lowest BCUT2D eigenvalue weighted by molar-refractivity contribution is -0.140. The maximum Gasteiger partial charge on any atom is 0.321 e. The summed E-state index contributed by atoms with van der Waals surface area (Å²) in [4.78, 5) is 10.8. The van der Waals surface area contributed by atoms with Crippen molar-refractivity contribution in [2.75, 3.05) is 7.05 Å². The third-order valence-corrected chi connectivity index (χ3v) is 4.76. The number of sulfonamides is 1. The van der Waals surface area contributed by atoms with Crippen molar-refractivity contribution in [1.82, 2.24) is 4.31 Å². The van der Waals surface area contributed by atoms with Gasteiger partial charge in [0.2, 0.25) is 10.0 Å². The van der Waals surface area contributed by atoms with Crippen LogP contribution in [0.15, 0.2) is 18.2 Å². The Morgan fingerprint density at radius 3 is 2.53 bits per heavy atom. The quantitative estimate of drug-likeness (QED) is 0.888. The van der Waals surface area contributed by atoms with Crippen LogP contribution in [0.2, 0.25) is 0 Å². The summed E-state index contributed by atoms with van der Waals surface area (Å²) in [6.07, 6.45) is 0. The first-order chi connectivity index (χ1) is 8.65. The number of halogens is 1. The average Bonchev–Trinajstić information content (AvgIpc) is 2.30.